The molecule has 0 radical (unpaired) electrons. The van der Waals surface area contributed by atoms with E-state index in [1.165, 1.54) is 0 Å². The lowest BCUT2D eigenvalue weighted by molar-refractivity contribution is -0.111. The largest absolute Gasteiger partial charge is 0.347 e. The molecule has 0 fully saturated rings. The van der Waals surface area contributed by atoms with Crippen LogP contribution in [0.25, 0.3) is 5.57 Å². The Balaban J connectivity index is 2.40. The minimum atomic E-state index is 0.0590. The molecule has 0 atom stereocenters. The van der Waals surface area contributed by atoms with Gasteiger partial charge in [-0.1, -0.05) is 30.3 Å². The Morgan fingerprint density at radius 3 is 2.35 bits per heavy atom. The van der Waals surface area contributed by atoms with Crippen LogP contribution in [0.15, 0.2) is 61.1 Å². The number of rotatable bonds is 5. The molecule has 1 aromatic heterocycles. The summed E-state index contributed by atoms with van der Waals surface area (Å²) in [5.74, 6) is 0.0590. The van der Waals surface area contributed by atoms with Gasteiger partial charge in [-0.15, -0.1) is 0 Å². The van der Waals surface area contributed by atoms with Gasteiger partial charge in [-0.25, -0.2) is 0 Å². The summed E-state index contributed by atoms with van der Waals surface area (Å²) in [5, 5.41) is 0. The predicted octanol–water partition coefficient (Wildman–Crippen LogP) is 3.54. The van der Waals surface area contributed by atoms with Crippen molar-refractivity contribution in [3.63, 3.8) is 0 Å². The molecule has 3 nitrogen and oxygen atoms in total. The highest BCUT2D eigenvalue weighted by Gasteiger charge is 2.09. The number of carbonyl (C=O) groups excluding carboxylic acids is 1. The monoisotopic (exact) mass is 266 g/mol. The molecule has 0 spiro atoms. The summed E-state index contributed by atoms with van der Waals surface area (Å²) >= 11 is 0. The third-order valence-corrected chi connectivity index (χ3v) is 3.08. The molecular weight excluding hydrogens is 248 g/mol. The fourth-order valence-electron chi connectivity index (χ4n) is 2.03. The number of anilines is 1. The van der Waals surface area contributed by atoms with Gasteiger partial charge in [0.1, 0.15) is 0 Å². The molecule has 1 heterocycles. The van der Waals surface area contributed by atoms with Crippen LogP contribution < -0.4 is 4.90 Å². The number of carbonyl (C=O) groups is 1. The zero-order valence-electron chi connectivity index (χ0n) is 11.8. The van der Waals surface area contributed by atoms with Gasteiger partial charge >= 0.3 is 0 Å². The first-order valence-corrected chi connectivity index (χ1v) is 6.67. The summed E-state index contributed by atoms with van der Waals surface area (Å²) in [4.78, 5) is 18.0. The molecular formula is C17H18N2O. The molecule has 0 unspecified atom stereocenters. The van der Waals surface area contributed by atoms with Gasteiger partial charge in [0.25, 0.3) is 0 Å². The topological polar surface area (TPSA) is 33.2 Å². The van der Waals surface area contributed by atoms with Crippen molar-refractivity contribution in [1.29, 1.82) is 0 Å². The molecule has 2 rings (SSSR count). The van der Waals surface area contributed by atoms with Crippen LogP contribution >= 0.6 is 0 Å². The first-order chi connectivity index (χ1) is 9.72. The van der Waals surface area contributed by atoms with E-state index in [1.807, 2.05) is 53.6 Å². The van der Waals surface area contributed by atoms with Crippen LogP contribution in [0.3, 0.4) is 0 Å². The highest BCUT2D eigenvalue weighted by molar-refractivity contribution is 6.19. The minimum absolute atomic E-state index is 0.0590. The molecule has 0 aliphatic carbocycles. The van der Waals surface area contributed by atoms with Crippen molar-refractivity contribution in [1.82, 2.24) is 4.98 Å². The SMILES string of the molecule is CCN(/C=C(\C(C)=O)c1ccccc1)c1ccncc1. The second-order valence-corrected chi connectivity index (χ2v) is 4.46. The number of ketones is 1. The fourth-order valence-corrected chi connectivity index (χ4v) is 2.03. The summed E-state index contributed by atoms with van der Waals surface area (Å²) in [7, 11) is 0. The second-order valence-electron chi connectivity index (χ2n) is 4.46. The van der Waals surface area contributed by atoms with Crippen LogP contribution in [-0.4, -0.2) is 17.3 Å². The number of pyridine rings is 1. The lowest BCUT2D eigenvalue weighted by Gasteiger charge is -2.20. The Kier molecular flexibility index (Phi) is 4.66. The zero-order valence-corrected chi connectivity index (χ0v) is 11.8. The van der Waals surface area contributed by atoms with E-state index >= 15 is 0 Å². The van der Waals surface area contributed by atoms with Crippen LogP contribution in [0, 0.1) is 0 Å². The number of hydrogen-bond donors (Lipinski definition) is 0. The highest BCUT2D eigenvalue weighted by atomic mass is 16.1. The van der Waals surface area contributed by atoms with E-state index < -0.39 is 0 Å². The van der Waals surface area contributed by atoms with E-state index in [1.54, 1.807) is 19.3 Å². The fraction of sp³-hybridized carbons (Fsp3) is 0.176. The van der Waals surface area contributed by atoms with Crippen molar-refractivity contribution in [2.45, 2.75) is 13.8 Å². The van der Waals surface area contributed by atoms with Crippen LogP contribution in [0.5, 0.6) is 0 Å². The van der Waals surface area contributed by atoms with Crippen molar-refractivity contribution in [3.05, 3.63) is 66.6 Å². The summed E-state index contributed by atoms with van der Waals surface area (Å²) in [6.45, 7) is 4.44. The van der Waals surface area contributed by atoms with Gasteiger partial charge in [-0.3, -0.25) is 9.78 Å². The lowest BCUT2D eigenvalue weighted by atomic mass is 10.0. The van der Waals surface area contributed by atoms with Crippen molar-refractivity contribution < 1.29 is 4.79 Å². The Morgan fingerprint density at radius 1 is 1.15 bits per heavy atom. The van der Waals surface area contributed by atoms with Gasteiger partial charge < -0.3 is 4.90 Å². The normalized spacial score (nSPS) is 11.2. The first kappa shape index (κ1) is 14.0. The smallest absolute Gasteiger partial charge is 0.161 e. The number of aromatic nitrogens is 1. The molecule has 0 aliphatic rings. The van der Waals surface area contributed by atoms with E-state index in [-0.39, 0.29) is 5.78 Å². The standard InChI is InChI=1S/C17H18N2O/c1-3-19(16-9-11-18-12-10-16)13-17(14(2)20)15-7-5-4-6-8-15/h4-13H,3H2,1-2H3/b17-13+. The summed E-state index contributed by atoms with van der Waals surface area (Å²) in [6.07, 6.45) is 5.41. The van der Waals surface area contributed by atoms with Crippen LogP contribution in [0.1, 0.15) is 19.4 Å². The van der Waals surface area contributed by atoms with Crippen LogP contribution in [-0.2, 0) is 4.79 Å². The van der Waals surface area contributed by atoms with E-state index in [9.17, 15) is 4.79 Å². The molecule has 20 heavy (non-hydrogen) atoms. The van der Waals surface area contributed by atoms with Crippen molar-refractivity contribution in [3.8, 4) is 0 Å². The van der Waals surface area contributed by atoms with Gasteiger partial charge in [0.15, 0.2) is 5.78 Å². The molecule has 0 saturated heterocycles. The van der Waals surface area contributed by atoms with Gasteiger partial charge in [-0.2, -0.15) is 0 Å². The molecule has 1 aromatic carbocycles. The van der Waals surface area contributed by atoms with E-state index in [0.717, 1.165) is 17.8 Å². The van der Waals surface area contributed by atoms with Gasteiger partial charge in [-0.05, 0) is 31.5 Å². The third kappa shape index (κ3) is 3.32. The maximum atomic E-state index is 11.9. The number of Topliss-reactive ketones (excluding diaryl/α,β-unsaturated/α-hetero) is 1. The molecule has 0 N–H and O–H groups in total. The second kappa shape index (κ2) is 6.66. The van der Waals surface area contributed by atoms with Gasteiger partial charge in [0, 0.05) is 36.4 Å². The van der Waals surface area contributed by atoms with E-state index in [2.05, 4.69) is 11.9 Å². The van der Waals surface area contributed by atoms with Crippen molar-refractivity contribution >= 4 is 17.0 Å². The predicted molar refractivity (Wildman–Crippen MR) is 82.4 cm³/mol. The molecule has 2 aromatic rings. The zero-order chi connectivity index (χ0) is 14.4. The number of hydrogen-bond acceptors (Lipinski definition) is 3. The summed E-state index contributed by atoms with van der Waals surface area (Å²) in [6, 6.07) is 13.6. The highest BCUT2D eigenvalue weighted by Crippen LogP contribution is 2.20. The third-order valence-electron chi connectivity index (χ3n) is 3.08. The molecule has 0 saturated carbocycles. The van der Waals surface area contributed by atoms with E-state index in [0.29, 0.717) is 5.57 Å². The molecule has 102 valence electrons. The first-order valence-electron chi connectivity index (χ1n) is 6.67. The maximum absolute atomic E-state index is 11.9. The van der Waals surface area contributed by atoms with Crippen molar-refractivity contribution in [2.24, 2.45) is 0 Å². The molecule has 3 heteroatoms. The Bertz CT molecular complexity index is 591. The molecule has 0 bridgehead atoms. The molecule has 0 amide bonds. The van der Waals surface area contributed by atoms with Crippen LogP contribution in [0.4, 0.5) is 5.69 Å². The number of nitrogens with zero attached hydrogens (tertiary/aromatic N) is 2. The maximum Gasteiger partial charge on any atom is 0.161 e. The average molecular weight is 266 g/mol. The van der Waals surface area contributed by atoms with Gasteiger partial charge in [0.2, 0.25) is 0 Å². The summed E-state index contributed by atoms with van der Waals surface area (Å²) < 4.78 is 0. The van der Waals surface area contributed by atoms with E-state index in [4.69, 9.17) is 0 Å². The average Bonchev–Trinajstić information content (AvgIpc) is 2.50. The Hall–Kier alpha value is -2.42. The van der Waals surface area contributed by atoms with Crippen molar-refractivity contribution in [2.75, 3.05) is 11.4 Å². The number of allylic oxidation sites excluding steroid dienone is 1. The summed E-state index contributed by atoms with van der Waals surface area (Å²) in [5.41, 5.74) is 2.67. The Morgan fingerprint density at radius 2 is 1.80 bits per heavy atom. The molecule has 0 aliphatic heterocycles. The van der Waals surface area contributed by atoms with Gasteiger partial charge in [0.05, 0.1) is 0 Å². The number of benzene rings is 1. The lowest BCUT2D eigenvalue weighted by Crippen LogP contribution is -2.17. The van der Waals surface area contributed by atoms with Crippen LogP contribution in [0.2, 0.25) is 0 Å². The Labute approximate surface area is 119 Å². The minimum Gasteiger partial charge on any atom is -0.347 e. The quantitative estimate of drug-likeness (QED) is 0.776.